The van der Waals surface area contributed by atoms with Gasteiger partial charge in [0.15, 0.2) is 0 Å². The molecular formula is C16H24FNO. The van der Waals surface area contributed by atoms with E-state index in [0.29, 0.717) is 6.10 Å². The summed E-state index contributed by atoms with van der Waals surface area (Å²) in [7, 11) is 0. The van der Waals surface area contributed by atoms with Crippen LogP contribution in [-0.2, 0) is 4.74 Å². The Balaban J connectivity index is 2.04. The van der Waals surface area contributed by atoms with Crippen molar-refractivity contribution in [1.29, 1.82) is 0 Å². The summed E-state index contributed by atoms with van der Waals surface area (Å²) in [6.45, 7) is 1.95. The number of ether oxygens (including phenoxy) is 1. The summed E-state index contributed by atoms with van der Waals surface area (Å²) in [5.41, 5.74) is 7.02. The minimum Gasteiger partial charge on any atom is -0.369 e. The molecule has 0 aliphatic heterocycles. The Morgan fingerprint density at radius 3 is 2.21 bits per heavy atom. The maximum absolute atomic E-state index is 13.0. The van der Waals surface area contributed by atoms with E-state index in [-0.39, 0.29) is 18.0 Å². The van der Waals surface area contributed by atoms with Gasteiger partial charge in [0.2, 0.25) is 0 Å². The van der Waals surface area contributed by atoms with Gasteiger partial charge in [-0.3, -0.25) is 0 Å². The SMILES string of the molecule is CC(N)C(OC1CCCCCC1)c1ccc(F)cc1. The van der Waals surface area contributed by atoms with Crippen LogP contribution in [0.15, 0.2) is 24.3 Å². The summed E-state index contributed by atoms with van der Waals surface area (Å²) in [5, 5.41) is 0. The molecular weight excluding hydrogens is 241 g/mol. The zero-order valence-electron chi connectivity index (χ0n) is 11.6. The average Bonchev–Trinajstić information content (AvgIpc) is 2.65. The lowest BCUT2D eigenvalue weighted by Crippen LogP contribution is -2.30. The maximum atomic E-state index is 13.0. The topological polar surface area (TPSA) is 35.2 Å². The third kappa shape index (κ3) is 4.29. The Hall–Kier alpha value is -0.930. The van der Waals surface area contributed by atoms with Gasteiger partial charge in [0.25, 0.3) is 0 Å². The van der Waals surface area contributed by atoms with E-state index >= 15 is 0 Å². The molecule has 3 heteroatoms. The Bertz CT molecular complexity index is 369. The first-order chi connectivity index (χ1) is 9.16. The Kier molecular flexibility index (Phi) is 5.34. The van der Waals surface area contributed by atoms with E-state index in [0.717, 1.165) is 18.4 Å². The van der Waals surface area contributed by atoms with E-state index in [2.05, 4.69) is 0 Å². The van der Waals surface area contributed by atoms with Crippen LogP contribution in [0.1, 0.15) is 57.1 Å². The van der Waals surface area contributed by atoms with Crippen LogP contribution < -0.4 is 5.73 Å². The molecule has 0 bridgehead atoms. The lowest BCUT2D eigenvalue weighted by atomic mass is 10.0. The Morgan fingerprint density at radius 1 is 1.11 bits per heavy atom. The molecule has 106 valence electrons. The lowest BCUT2D eigenvalue weighted by Gasteiger charge is -2.27. The summed E-state index contributed by atoms with van der Waals surface area (Å²) in [4.78, 5) is 0. The second-order valence-electron chi connectivity index (χ2n) is 5.58. The van der Waals surface area contributed by atoms with Gasteiger partial charge in [-0.25, -0.2) is 4.39 Å². The summed E-state index contributed by atoms with van der Waals surface area (Å²) >= 11 is 0. The first kappa shape index (κ1) is 14.5. The Morgan fingerprint density at radius 2 is 1.68 bits per heavy atom. The highest BCUT2D eigenvalue weighted by Gasteiger charge is 2.22. The van der Waals surface area contributed by atoms with Crippen LogP contribution in [0.2, 0.25) is 0 Å². The molecule has 0 saturated heterocycles. The smallest absolute Gasteiger partial charge is 0.123 e. The monoisotopic (exact) mass is 265 g/mol. The van der Waals surface area contributed by atoms with Crippen LogP contribution >= 0.6 is 0 Å². The van der Waals surface area contributed by atoms with Crippen LogP contribution in [0, 0.1) is 5.82 Å². The summed E-state index contributed by atoms with van der Waals surface area (Å²) in [5.74, 6) is -0.221. The van der Waals surface area contributed by atoms with Gasteiger partial charge in [-0.2, -0.15) is 0 Å². The molecule has 1 saturated carbocycles. The van der Waals surface area contributed by atoms with E-state index in [1.807, 2.05) is 6.92 Å². The molecule has 1 aliphatic carbocycles. The fraction of sp³-hybridized carbons (Fsp3) is 0.625. The normalized spacial score (nSPS) is 20.8. The predicted octanol–water partition coefficient (Wildman–Crippen LogP) is 3.95. The van der Waals surface area contributed by atoms with Crippen molar-refractivity contribution in [2.45, 2.75) is 63.7 Å². The van der Waals surface area contributed by atoms with Gasteiger partial charge in [-0.15, -0.1) is 0 Å². The highest BCUT2D eigenvalue weighted by Crippen LogP contribution is 2.28. The molecule has 1 aromatic rings. The number of halogens is 1. The van der Waals surface area contributed by atoms with Crippen molar-refractivity contribution in [1.82, 2.24) is 0 Å². The number of hydrogen-bond acceptors (Lipinski definition) is 2. The average molecular weight is 265 g/mol. The van der Waals surface area contributed by atoms with Crippen LogP contribution in [0.4, 0.5) is 4.39 Å². The minimum absolute atomic E-state index is 0.0892. The second kappa shape index (κ2) is 7.01. The largest absolute Gasteiger partial charge is 0.369 e. The fourth-order valence-corrected chi connectivity index (χ4v) is 2.74. The highest BCUT2D eigenvalue weighted by atomic mass is 19.1. The number of rotatable bonds is 4. The molecule has 2 atom stereocenters. The fourth-order valence-electron chi connectivity index (χ4n) is 2.74. The van der Waals surface area contributed by atoms with E-state index in [1.165, 1.54) is 37.8 Å². The van der Waals surface area contributed by atoms with Gasteiger partial charge in [0, 0.05) is 6.04 Å². The van der Waals surface area contributed by atoms with Gasteiger partial charge >= 0.3 is 0 Å². The number of hydrogen-bond donors (Lipinski definition) is 1. The standard InChI is InChI=1S/C16H24FNO/c1-12(18)16(13-8-10-14(17)11-9-13)19-15-6-4-2-3-5-7-15/h8-12,15-16H,2-7,18H2,1H3. The quantitative estimate of drug-likeness (QED) is 0.836. The van der Waals surface area contributed by atoms with Crippen molar-refractivity contribution in [3.63, 3.8) is 0 Å². The van der Waals surface area contributed by atoms with Crippen molar-refractivity contribution in [2.75, 3.05) is 0 Å². The molecule has 2 nitrogen and oxygen atoms in total. The van der Waals surface area contributed by atoms with Gasteiger partial charge in [0.05, 0.1) is 12.2 Å². The van der Waals surface area contributed by atoms with E-state index < -0.39 is 0 Å². The Labute approximate surface area is 115 Å². The molecule has 0 aromatic heterocycles. The summed E-state index contributed by atoms with van der Waals surface area (Å²) < 4.78 is 19.2. The van der Waals surface area contributed by atoms with Gasteiger partial charge < -0.3 is 10.5 Å². The van der Waals surface area contributed by atoms with Gasteiger partial charge in [0.1, 0.15) is 5.82 Å². The zero-order chi connectivity index (χ0) is 13.7. The molecule has 1 aliphatic rings. The highest BCUT2D eigenvalue weighted by molar-refractivity contribution is 5.20. The van der Waals surface area contributed by atoms with E-state index in [1.54, 1.807) is 12.1 Å². The first-order valence-electron chi connectivity index (χ1n) is 7.33. The van der Waals surface area contributed by atoms with Gasteiger partial charge in [-0.1, -0.05) is 37.8 Å². The molecule has 1 aromatic carbocycles. The molecule has 0 radical (unpaired) electrons. The van der Waals surface area contributed by atoms with Crippen molar-refractivity contribution >= 4 is 0 Å². The van der Waals surface area contributed by atoms with Crippen LogP contribution in [0.3, 0.4) is 0 Å². The number of benzene rings is 1. The third-order valence-electron chi connectivity index (χ3n) is 3.82. The van der Waals surface area contributed by atoms with Gasteiger partial charge in [-0.05, 0) is 37.5 Å². The van der Waals surface area contributed by atoms with E-state index in [9.17, 15) is 4.39 Å². The molecule has 19 heavy (non-hydrogen) atoms. The van der Waals surface area contributed by atoms with Crippen molar-refractivity contribution < 1.29 is 9.13 Å². The summed E-state index contributed by atoms with van der Waals surface area (Å²) in [6, 6.07) is 6.41. The van der Waals surface area contributed by atoms with Crippen LogP contribution in [0.25, 0.3) is 0 Å². The molecule has 0 heterocycles. The molecule has 2 rings (SSSR count). The molecule has 2 N–H and O–H groups in total. The van der Waals surface area contributed by atoms with E-state index in [4.69, 9.17) is 10.5 Å². The zero-order valence-corrected chi connectivity index (χ0v) is 11.6. The van der Waals surface area contributed by atoms with Crippen LogP contribution in [-0.4, -0.2) is 12.1 Å². The molecule has 0 amide bonds. The molecule has 0 spiro atoms. The van der Waals surface area contributed by atoms with Crippen LogP contribution in [0.5, 0.6) is 0 Å². The van der Waals surface area contributed by atoms with Crippen molar-refractivity contribution in [2.24, 2.45) is 5.73 Å². The third-order valence-corrected chi connectivity index (χ3v) is 3.82. The van der Waals surface area contributed by atoms with Crippen molar-refractivity contribution in [3.05, 3.63) is 35.6 Å². The second-order valence-corrected chi connectivity index (χ2v) is 5.58. The molecule has 2 unspecified atom stereocenters. The maximum Gasteiger partial charge on any atom is 0.123 e. The summed E-state index contributed by atoms with van der Waals surface area (Å²) in [6.07, 6.45) is 7.47. The predicted molar refractivity (Wildman–Crippen MR) is 75.4 cm³/mol. The minimum atomic E-state index is -0.221. The number of nitrogens with two attached hydrogens (primary N) is 1. The van der Waals surface area contributed by atoms with Crippen molar-refractivity contribution in [3.8, 4) is 0 Å². The first-order valence-corrected chi connectivity index (χ1v) is 7.33. The molecule has 1 fully saturated rings. The lowest BCUT2D eigenvalue weighted by molar-refractivity contribution is -0.0309.